The molecule has 0 unspecified atom stereocenters. The van der Waals surface area contributed by atoms with Crippen LogP contribution < -0.4 is 0 Å². The lowest BCUT2D eigenvalue weighted by Crippen LogP contribution is -2.38. The van der Waals surface area contributed by atoms with Gasteiger partial charge in [0, 0.05) is 31.1 Å². The first kappa shape index (κ1) is 18.5. The number of carbonyl (C=O) groups is 1. The summed E-state index contributed by atoms with van der Waals surface area (Å²) < 4.78 is 5.81. The molecule has 3 aromatic rings. The molecule has 10 heteroatoms. The second-order valence-electron chi connectivity index (χ2n) is 6.84. The zero-order valence-electron chi connectivity index (χ0n) is 15.2. The fraction of sp³-hybridized carbons (Fsp3) is 0.263. The quantitative estimate of drug-likeness (QED) is 0.485. The van der Waals surface area contributed by atoms with Crippen LogP contribution >= 0.6 is 0 Å². The lowest BCUT2D eigenvalue weighted by atomic mass is 9.96. The number of fused-ring (bicyclic) bond motifs is 1. The van der Waals surface area contributed by atoms with Crippen LogP contribution in [0.3, 0.4) is 0 Å². The zero-order valence-corrected chi connectivity index (χ0v) is 15.2. The van der Waals surface area contributed by atoms with E-state index >= 15 is 0 Å². The minimum atomic E-state index is -0.747. The second-order valence-corrected chi connectivity index (χ2v) is 6.84. The van der Waals surface area contributed by atoms with Crippen molar-refractivity contribution in [2.24, 2.45) is 0 Å². The average molecular weight is 396 g/mol. The summed E-state index contributed by atoms with van der Waals surface area (Å²) in [6, 6.07) is 10.5. The highest BCUT2D eigenvalue weighted by molar-refractivity contribution is 5.95. The highest BCUT2D eigenvalue weighted by Gasteiger charge is 2.29. The molecule has 0 radical (unpaired) electrons. The van der Waals surface area contributed by atoms with Gasteiger partial charge >= 0.3 is 0 Å². The monoisotopic (exact) mass is 396 g/mol. The maximum atomic E-state index is 12.8. The molecular weight excluding hydrogens is 380 g/mol. The second kappa shape index (κ2) is 7.30. The molecule has 0 N–H and O–H groups in total. The Morgan fingerprint density at radius 3 is 2.24 bits per heavy atom. The number of para-hydroxylation sites is 2. The van der Waals surface area contributed by atoms with E-state index in [4.69, 9.17) is 4.42 Å². The number of nitro groups is 2. The predicted molar refractivity (Wildman–Crippen MR) is 102 cm³/mol. The third-order valence-electron chi connectivity index (χ3n) is 5.01. The summed E-state index contributed by atoms with van der Waals surface area (Å²) in [6.07, 6.45) is 1.24. The Labute approximate surface area is 164 Å². The van der Waals surface area contributed by atoms with Crippen LogP contribution in [0.15, 0.2) is 46.9 Å². The SMILES string of the molecule is O=C(c1cc([N+](=O)[O-])cc([N+](=O)[O-])c1)N1CCC(c2nc3ccccc3o2)CC1. The lowest BCUT2D eigenvalue weighted by Gasteiger charge is -2.30. The predicted octanol–water partition coefficient (Wildman–Crippen LogP) is 3.66. The van der Waals surface area contributed by atoms with Crippen molar-refractivity contribution in [3.63, 3.8) is 0 Å². The fourth-order valence-corrected chi connectivity index (χ4v) is 3.51. The van der Waals surface area contributed by atoms with Crippen molar-refractivity contribution < 1.29 is 19.1 Å². The smallest absolute Gasteiger partial charge is 0.277 e. The van der Waals surface area contributed by atoms with E-state index in [1.165, 1.54) is 0 Å². The van der Waals surface area contributed by atoms with E-state index in [1.54, 1.807) is 4.90 Å². The number of carbonyl (C=O) groups excluding carboxylic acids is 1. The highest BCUT2D eigenvalue weighted by atomic mass is 16.6. The van der Waals surface area contributed by atoms with Crippen molar-refractivity contribution in [3.8, 4) is 0 Å². The summed E-state index contributed by atoms with van der Waals surface area (Å²) in [6.45, 7) is 0.803. The van der Waals surface area contributed by atoms with Gasteiger partial charge in [0.2, 0.25) is 0 Å². The summed E-state index contributed by atoms with van der Waals surface area (Å²) >= 11 is 0. The van der Waals surface area contributed by atoms with Gasteiger partial charge in [-0.05, 0) is 25.0 Å². The van der Waals surface area contributed by atoms with Crippen LogP contribution in [-0.2, 0) is 0 Å². The molecule has 1 aliphatic rings. The molecule has 4 rings (SSSR count). The summed E-state index contributed by atoms with van der Waals surface area (Å²) in [5, 5.41) is 22.1. The lowest BCUT2D eigenvalue weighted by molar-refractivity contribution is -0.394. The molecule has 1 aromatic heterocycles. The Morgan fingerprint density at radius 2 is 1.66 bits per heavy atom. The first-order valence-electron chi connectivity index (χ1n) is 9.01. The number of rotatable bonds is 4. The van der Waals surface area contributed by atoms with Gasteiger partial charge < -0.3 is 9.32 Å². The largest absolute Gasteiger partial charge is 0.440 e. The molecule has 0 bridgehead atoms. The number of amides is 1. The fourth-order valence-electron chi connectivity index (χ4n) is 3.51. The number of nitrogens with zero attached hydrogens (tertiary/aromatic N) is 4. The molecular formula is C19H16N4O6. The Kier molecular flexibility index (Phi) is 4.67. The first-order chi connectivity index (χ1) is 13.9. The minimum Gasteiger partial charge on any atom is -0.440 e. The van der Waals surface area contributed by atoms with Gasteiger partial charge in [-0.25, -0.2) is 4.98 Å². The molecule has 0 spiro atoms. The maximum Gasteiger partial charge on any atom is 0.277 e. The van der Waals surface area contributed by atoms with Gasteiger partial charge in [0.15, 0.2) is 11.5 Å². The van der Waals surface area contributed by atoms with Crippen molar-refractivity contribution in [2.75, 3.05) is 13.1 Å². The zero-order chi connectivity index (χ0) is 20.5. The third-order valence-corrected chi connectivity index (χ3v) is 5.01. The first-order valence-corrected chi connectivity index (χ1v) is 9.01. The number of piperidine rings is 1. The van der Waals surface area contributed by atoms with E-state index in [-0.39, 0.29) is 11.5 Å². The molecule has 1 fully saturated rings. The molecule has 29 heavy (non-hydrogen) atoms. The summed E-state index contributed by atoms with van der Waals surface area (Å²) in [5.41, 5.74) is 0.467. The van der Waals surface area contributed by atoms with Crippen molar-refractivity contribution in [1.29, 1.82) is 0 Å². The van der Waals surface area contributed by atoms with E-state index in [0.717, 1.165) is 23.7 Å². The van der Waals surface area contributed by atoms with E-state index in [1.807, 2.05) is 24.3 Å². The van der Waals surface area contributed by atoms with E-state index in [0.29, 0.717) is 37.4 Å². The summed E-state index contributed by atoms with van der Waals surface area (Å²) in [5.74, 6) is 0.225. The molecule has 148 valence electrons. The molecule has 0 atom stereocenters. The van der Waals surface area contributed by atoms with Crippen molar-refractivity contribution in [1.82, 2.24) is 9.88 Å². The number of hydrogen-bond acceptors (Lipinski definition) is 7. The minimum absolute atomic E-state index is 0.0610. The van der Waals surface area contributed by atoms with Crippen molar-refractivity contribution >= 4 is 28.4 Å². The molecule has 2 heterocycles. The van der Waals surface area contributed by atoms with Gasteiger partial charge in [-0.1, -0.05) is 12.1 Å². The van der Waals surface area contributed by atoms with Crippen molar-refractivity contribution in [2.45, 2.75) is 18.8 Å². The Hall–Kier alpha value is -3.82. The van der Waals surface area contributed by atoms with Gasteiger partial charge in [0.25, 0.3) is 17.3 Å². The average Bonchev–Trinajstić information content (AvgIpc) is 3.17. The van der Waals surface area contributed by atoms with Gasteiger partial charge in [-0.3, -0.25) is 25.0 Å². The van der Waals surface area contributed by atoms with Gasteiger partial charge in [-0.2, -0.15) is 0 Å². The summed E-state index contributed by atoms with van der Waals surface area (Å²) in [7, 11) is 0. The molecule has 10 nitrogen and oxygen atoms in total. The number of hydrogen-bond donors (Lipinski definition) is 0. The molecule has 1 saturated heterocycles. The standard InChI is InChI=1S/C19H16N4O6/c24-19(13-9-14(22(25)26)11-15(10-13)23(27)28)21-7-5-12(6-8-21)18-20-16-3-1-2-4-17(16)29-18/h1-4,9-12H,5-8H2. The Bertz CT molecular complexity index is 1050. The summed E-state index contributed by atoms with van der Waals surface area (Å²) in [4.78, 5) is 39.4. The molecule has 0 saturated carbocycles. The van der Waals surface area contributed by atoms with Gasteiger partial charge in [0.05, 0.1) is 21.5 Å². The van der Waals surface area contributed by atoms with Gasteiger partial charge in [0.1, 0.15) is 5.52 Å². The third kappa shape index (κ3) is 3.64. The van der Waals surface area contributed by atoms with Crippen LogP contribution in [0, 0.1) is 20.2 Å². The van der Waals surface area contributed by atoms with Crippen LogP contribution in [0.1, 0.15) is 35.0 Å². The molecule has 1 aliphatic heterocycles. The van der Waals surface area contributed by atoms with Crippen LogP contribution in [0.4, 0.5) is 11.4 Å². The Morgan fingerprint density at radius 1 is 1.03 bits per heavy atom. The van der Waals surface area contributed by atoms with E-state index < -0.39 is 27.1 Å². The number of benzene rings is 2. The van der Waals surface area contributed by atoms with E-state index in [2.05, 4.69) is 4.98 Å². The van der Waals surface area contributed by atoms with Crippen LogP contribution in [-0.4, -0.2) is 38.7 Å². The van der Waals surface area contributed by atoms with E-state index in [9.17, 15) is 25.0 Å². The number of non-ortho nitro benzene ring substituents is 2. The normalized spacial score (nSPS) is 14.8. The number of oxazole rings is 1. The number of likely N-dealkylation sites (tertiary alicyclic amines) is 1. The topological polar surface area (TPSA) is 133 Å². The molecule has 1 amide bonds. The number of aromatic nitrogens is 1. The van der Waals surface area contributed by atoms with Crippen LogP contribution in [0.2, 0.25) is 0 Å². The number of nitro benzene ring substituents is 2. The molecule has 2 aromatic carbocycles. The van der Waals surface area contributed by atoms with Gasteiger partial charge in [-0.15, -0.1) is 0 Å². The Balaban J connectivity index is 1.50. The highest BCUT2D eigenvalue weighted by Crippen LogP contribution is 2.31. The van der Waals surface area contributed by atoms with Crippen LogP contribution in [0.5, 0.6) is 0 Å². The van der Waals surface area contributed by atoms with Crippen LogP contribution in [0.25, 0.3) is 11.1 Å². The molecule has 0 aliphatic carbocycles. The maximum absolute atomic E-state index is 12.8. The van der Waals surface area contributed by atoms with Crippen molar-refractivity contribution in [3.05, 3.63) is 74.1 Å².